The first-order chi connectivity index (χ1) is 14.5. The van der Waals surface area contributed by atoms with E-state index in [1.54, 1.807) is 13.8 Å². The highest BCUT2D eigenvalue weighted by Crippen LogP contribution is 2.28. The summed E-state index contributed by atoms with van der Waals surface area (Å²) in [6.45, 7) is 4.36. The van der Waals surface area contributed by atoms with Gasteiger partial charge in [-0.2, -0.15) is 4.31 Å². The Balaban J connectivity index is 1.71. The van der Waals surface area contributed by atoms with E-state index in [1.807, 2.05) is 0 Å². The summed E-state index contributed by atoms with van der Waals surface area (Å²) in [5.41, 5.74) is 1.70. The lowest BCUT2D eigenvalue weighted by atomic mass is 10.1. The van der Waals surface area contributed by atoms with Crippen LogP contribution in [0.3, 0.4) is 0 Å². The maximum absolute atomic E-state index is 12.9. The summed E-state index contributed by atoms with van der Waals surface area (Å²) in [4.78, 5) is 39.8. The molecule has 1 aromatic carbocycles. The third-order valence-electron chi connectivity index (χ3n) is 5.31. The number of H-pyrrole nitrogens is 1. The van der Waals surface area contributed by atoms with Crippen LogP contribution in [0.4, 0.5) is 0 Å². The maximum Gasteiger partial charge on any atom is 0.324 e. The monoisotopic (exact) mass is 466 g/mol. The normalized spacial score (nSPS) is 17.0. The summed E-state index contributed by atoms with van der Waals surface area (Å²) in [5.74, 6) is -1.45. The van der Waals surface area contributed by atoms with E-state index >= 15 is 0 Å². The summed E-state index contributed by atoms with van der Waals surface area (Å²) < 4.78 is 32.1. The first kappa shape index (κ1) is 23.2. The Morgan fingerprint density at radius 2 is 1.84 bits per heavy atom. The predicted molar refractivity (Wildman–Crippen MR) is 114 cm³/mol. The van der Waals surface area contributed by atoms with Gasteiger partial charge in [-0.05, 0) is 63.4 Å². The largest absolute Gasteiger partial charge is 0.456 e. The van der Waals surface area contributed by atoms with Crippen molar-refractivity contribution in [2.24, 2.45) is 0 Å². The topological polar surface area (TPSA) is 114 Å². The number of carbonyl (C=O) groups excluding carboxylic acids is 3. The Labute approximate surface area is 185 Å². The molecule has 10 heteroatoms. The highest BCUT2D eigenvalue weighted by Gasteiger charge is 2.40. The van der Waals surface area contributed by atoms with Gasteiger partial charge in [0.1, 0.15) is 6.04 Å². The van der Waals surface area contributed by atoms with Gasteiger partial charge < -0.3 is 9.72 Å². The number of hydrogen-bond acceptors (Lipinski definition) is 6. The van der Waals surface area contributed by atoms with Crippen LogP contribution in [0.25, 0.3) is 0 Å². The van der Waals surface area contributed by atoms with Crippen LogP contribution in [-0.2, 0) is 19.6 Å². The first-order valence-electron chi connectivity index (χ1n) is 9.71. The number of esters is 1. The van der Waals surface area contributed by atoms with Gasteiger partial charge in [0.05, 0.1) is 10.6 Å². The number of ether oxygens (including phenoxy) is 1. The Morgan fingerprint density at radius 3 is 2.42 bits per heavy atom. The van der Waals surface area contributed by atoms with Crippen LogP contribution in [0.1, 0.15) is 51.9 Å². The van der Waals surface area contributed by atoms with Crippen molar-refractivity contribution in [1.82, 2.24) is 9.29 Å². The molecule has 0 saturated carbocycles. The molecule has 1 aromatic heterocycles. The van der Waals surface area contributed by atoms with Crippen molar-refractivity contribution in [1.29, 1.82) is 0 Å². The molecule has 0 spiro atoms. The number of aromatic amines is 1. The minimum Gasteiger partial charge on any atom is -0.456 e. The second-order valence-corrected chi connectivity index (χ2v) is 9.77. The second kappa shape index (κ2) is 8.94. The lowest BCUT2D eigenvalue weighted by molar-refractivity contribution is -0.146. The molecule has 0 amide bonds. The van der Waals surface area contributed by atoms with Gasteiger partial charge in [-0.25, -0.2) is 8.42 Å². The van der Waals surface area contributed by atoms with Crippen LogP contribution in [0.5, 0.6) is 0 Å². The number of nitrogens with zero attached hydrogens (tertiary/aromatic N) is 1. The van der Waals surface area contributed by atoms with Gasteiger partial charge in [-0.15, -0.1) is 0 Å². The van der Waals surface area contributed by atoms with E-state index < -0.39 is 34.4 Å². The van der Waals surface area contributed by atoms with Gasteiger partial charge >= 0.3 is 5.97 Å². The van der Waals surface area contributed by atoms with Crippen LogP contribution >= 0.6 is 11.6 Å². The molecular formula is C21H23ClN2O6S. The predicted octanol–water partition coefficient (Wildman–Crippen LogP) is 3.07. The van der Waals surface area contributed by atoms with Gasteiger partial charge in [0.25, 0.3) is 0 Å². The average molecular weight is 467 g/mol. The van der Waals surface area contributed by atoms with E-state index in [9.17, 15) is 22.8 Å². The fourth-order valence-electron chi connectivity index (χ4n) is 3.87. The molecule has 0 aliphatic carbocycles. The molecule has 1 N–H and O–H groups in total. The summed E-state index contributed by atoms with van der Waals surface area (Å²) in [6.07, 6.45) is 0.798. The number of carbonyl (C=O) groups is 3. The van der Waals surface area contributed by atoms with Crippen LogP contribution in [0.2, 0.25) is 5.02 Å². The molecule has 0 radical (unpaired) electrons. The van der Waals surface area contributed by atoms with Gasteiger partial charge in [0.15, 0.2) is 12.4 Å². The van der Waals surface area contributed by atoms with Gasteiger partial charge in [0, 0.05) is 22.8 Å². The quantitative estimate of drug-likeness (QED) is 0.495. The fraction of sp³-hybridized carbons (Fsp3) is 0.381. The molecule has 1 aliphatic heterocycles. The lowest BCUT2D eigenvalue weighted by Crippen LogP contribution is -2.41. The summed E-state index contributed by atoms with van der Waals surface area (Å²) >= 11 is 5.83. The number of nitrogens with one attached hydrogen (secondary N) is 1. The smallest absolute Gasteiger partial charge is 0.324 e. The van der Waals surface area contributed by atoms with Crippen LogP contribution in [0, 0.1) is 13.8 Å². The van der Waals surface area contributed by atoms with E-state index in [4.69, 9.17) is 16.3 Å². The first-order valence-corrected chi connectivity index (χ1v) is 11.5. The number of aromatic nitrogens is 1. The van der Waals surface area contributed by atoms with Crippen molar-refractivity contribution in [3.8, 4) is 0 Å². The van der Waals surface area contributed by atoms with Crippen molar-refractivity contribution in [2.45, 2.75) is 44.6 Å². The average Bonchev–Trinajstić information content (AvgIpc) is 3.31. The number of ketones is 2. The Morgan fingerprint density at radius 1 is 1.19 bits per heavy atom. The molecule has 2 aromatic rings. The molecule has 0 unspecified atom stereocenters. The van der Waals surface area contributed by atoms with Crippen LogP contribution in [0.15, 0.2) is 29.2 Å². The fourth-order valence-corrected chi connectivity index (χ4v) is 5.64. The highest BCUT2D eigenvalue weighted by atomic mass is 35.5. The number of sulfonamides is 1. The van der Waals surface area contributed by atoms with Crippen molar-refractivity contribution in [3.63, 3.8) is 0 Å². The molecule has 3 rings (SSSR count). The van der Waals surface area contributed by atoms with Gasteiger partial charge in [-0.3, -0.25) is 14.4 Å². The third kappa shape index (κ3) is 4.58. The Hall–Kier alpha value is -2.49. The zero-order chi connectivity index (χ0) is 22.9. The number of Topliss-reactive ketones (excluding diaryl/α,β-unsaturated/α-hetero) is 2. The molecule has 2 heterocycles. The zero-order valence-corrected chi connectivity index (χ0v) is 19.0. The minimum atomic E-state index is -3.91. The zero-order valence-electron chi connectivity index (χ0n) is 17.4. The van der Waals surface area contributed by atoms with E-state index in [-0.39, 0.29) is 22.9 Å². The van der Waals surface area contributed by atoms with Crippen molar-refractivity contribution in [2.75, 3.05) is 13.2 Å². The summed E-state index contributed by atoms with van der Waals surface area (Å²) in [5, 5.41) is 0.401. The Bertz CT molecular complexity index is 1140. The molecule has 31 heavy (non-hydrogen) atoms. The minimum absolute atomic E-state index is 0.0296. The highest BCUT2D eigenvalue weighted by molar-refractivity contribution is 7.89. The third-order valence-corrected chi connectivity index (χ3v) is 7.48. The van der Waals surface area contributed by atoms with E-state index in [0.717, 1.165) is 4.31 Å². The van der Waals surface area contributed by atoms with Crippen LogP contribution < -0.4 is 0 Å². The molecule has 8 nitrogen and oxygen atoms in total. The number of halogens is 1. The molecular weight excluding hydrogens is 444 g/mol. The van der Waals surface area contributed by atoms with Crippen molar-refractivity contribution >= 4 is 39.2 Å². The summed E-state index contributed by atoms with van der Waals surface area (Å²) in [7, 11) is -3.91. The van der Waals surface area contributed by atoms with Gasteiger partial charge in [0.2, 0.25) is 15.8 Å². The number of hydrogen-bond donors (Lipinski definition) is 1. The SMILES string of the molecule is CC(=O)c1c(C)[nH]c(C(=O)COC(=O)[C@H]2CCCN2S(=O)(=O)c2ccc(Cl)cc2)c1C. The van der Waals surface area contributed by atoms with Crippen LogP contribution in [-0.4, -0.2) is 54.4 Å². The van der Waals surface area contributed by atoms with E-state index in [2.05, 4.69) is 4.98 Å². The molecule has 0 bridgehead atoms. The lowest BCUT2D eigenvalue weighted by Gasteiger charge is -2.22. The number of rotatable bonds is 7. The molecule has 166 valence electrons. The van der Waals surface area contributed by atoms with Crippen molar-refractivity contribution < 1.29 is 27.5 Å². The van der Waals surface area contributed by atoms with Crippen molar-refractivity contribution in [3.05, 3.63) is 51.8 Å². The second-order valence-electron chi connectivity index (χ2n) is 7.44. The Kier molecular flexibility index (Phi) is 6.68. The molecule has 1 saturated heterocycles. The van der Waals surface area contributed by atoms with E-state index in [0.29, 0.717) is 34.7 Å². The molecule has 1 aliphatic rings. The maximum atomic E-state index is 12.9. The van der Waals surface area contributed by atoms with Gasteiger partial charge in [-0.1, -0.05) is 11.6 Å². The van der Waals surface area contributed by atoms with E-state index in [1.165, 1.54) is 31.2 Å². The number of benzene rings is 1. The standard InChI is InChI=1S/C21H23ClN2O6S/c1-12-19(14(3)25)13(2)23-20(12)18(26)11-30-21(27)17-5-4-10-24(17)31(28,29)16-8-6-15(22)7-9-16/h6-9,17,23H,4-5,10-11H2,1-3H3/t17-/m1/s1. The molecule has 1 fully saturated rings. The number of aryl methyl sites for hydroxylation is 1. The summed E-state index contributed by atoms with van der Waals surface area (Å²) in [6, 6.07) is 4.68. The molecule has 1 atom stereocenters.